The summed E-state index contributed by atoms with van der Waals surface area (Å²) in [5.74, 6) is -0.614. The number of anilines is 1. The van der Waals surface area contributed by atoms with E-state index in [2.05, 4.69) is 5.32 Å². The number of carbonyl (C=O) groups is 3. The Kier molecular flexibility index (Phi) is 6.78. The van der Waals surface area contributed by atoms with E-state index in [0.717, 1.165) is 38.7 Å². The van der Waals surface area contributed by atoms with Gasteiger partial charge < -0.3 is 14.6 Å². The number of rotatable bonds is 7. The van der Waals surface area contributed by atoms with Crippen LogP contribution in [0, 0.1) is 5.82 Å². The summed E-state index contributed by atoms with van der Waals surface area (Å²) < 4.78 is 20.6. The number of hydrogen-bond donors (Lipinski definition) is 1. The first-order chi connectivity index (χ1) is 17.9. The van der Waals surface area contributed by atoms with Crippen LogP contribution in [0.4, 0.5) is 14.9 Å². The molecule has 0 radical (unpaired) electrons. The van der Waals surface area contributed by atoms with Crippen LogP contribution in [0.1, 0.15) is 11.1 Å². The maximum absolute atomic E-state index is 13.5. The van der Waals surface area contributed by atoms with Crippen LogP contribution in [0.15, 0.2) is 83.9 Å². The smallest absolute Gasteiger partial charge is 0.294 e. The fourth-order valence-corrected chi connectivity index (χ4v) is 4.92. The predicted octanol–water partition coefficient (Wildman–Crippen LogP) is 5.51. The number of nitrogens with one attached hydrogen (secondary N) is 1. The first-order valence-corrected chi connectivity index (χ1v) is 12.2. The number of halogens is 1. The van der Waals surface area contributed by atoms with E-state index in [0.29, 0.717) is 18.0 Å². The van der Waals surface area contributed by atoms with E-state index in [1.807, 2.05) is 41.1 Å². The molecule has 0 aliphatic carbocycles. The van der Waals surface area contributed by atoms with Gasteiger partial charge in [0.05, 0.1) is 12.0 Å². The number of fused-ring (bicyclic) bond motifs is 1. The number of aromatic nitrogens is 1. The van der Waals surface area contributed by atoms with E-state index >= 15 is 0 Å². The van der Waals surface area contributed by atoms with Gasteiger partial charge in [-0.3, -0.25) is 19.3 Å². The zero-order chi connectivity index (χ0) is 25.9. The maximum Gasteiger partial charge on any atom is 0.294 e. The Hall–Kier alpha value is -4.37. The largest absolute Gasteiger partial charge is 0.497 e. The zero-order valence-corrected chi connectivity index (χ0v) is 20.6. The number of methoxy groups -OCH3 is 1. The van der Waals surface area contributed by atoms with Crippen LogP contribution in [0.25, 0.3) is 17.0 Å². The molecule has 0 spiro atoms. The van der Waals surface area contributed by atoms with Crippen molar-refractivity contribution in [1.82, 2.24) is 9.47 Å². The molecule has 1 fully saturated rings. The van der Waals surface area contributed by atoms with Gasteiger partial charge >= 0.3 is 0 Å². The maximum atomic E-state index is 13.5. The molecule has 0 unspecified atom stereocenters. The number of imide groups is 1. The fourth-order valence-electron chi connectivity index (χ4n) is 4.08. The third kappa shape index (κ3) is 5.41. The molecular formula is C28H22FN3O4S. The topological polar surface area (TPSA) is 80.6 Å². The molecule has 0 saturated carbocycles. The van der Waals surface area contributed by atoms with Gasteiger partial charge in [0.25, 0.3) is 11.1 Å². The molecule has 5 rings (SSSR count). The highest BCUT2D eigenvalue weighted by Crippen LogP contribution is 2.33. The van der Waals surface area contributed by atoms with Gasteiger partial charge in [0, 0.05) is 29.3 Å². The summed E-state index contributed by atoms with van der Waals surface area (Å²) in [6, 6.07) is 20.9. The van der Waals surface area contributed by atoms with Crippen LogP contribution in [-0.2, 0) is 16.1 Å². The number of thioether (sulfide) groups is 1. The lowest BCUT2D eigenvalue weighted by Gasteiger charge is -2.12. The highest BCUT2D eigenvalue weighted by Gasteiger charge is 2.36. The molecule has 2 heterocycles. The van der Waals surface area contributed by atoms with Gasteiger partial charge in [-0.25, -0.2) is 4.39 Å². The van der Waals surface area contributed by atoms with Gasteiger partial charge in [0.2, 0.25) is 5.91 Å². The van der Waals surface area contributed by atoms with Crippen LogP contribution in [-0.4, -0.2) is 40.2 Å². The molecule has 37 heavy (non-hydrogen) atoms. The van der Waals surface area contributed by atoms with Crippen molar-refractivity contribution in [2.45, 2.75) is 6.54 Å². The summed E-state index contributed by atoms with van der Waals surface area (Å²) in [5, 5.41) is 3.13. The van der Waals surface area contributed by atoms with E-state index in [4.69, 9.17) is 4.74 Å². The second-order valence-corrected chi connectivity index (χ2v) is 9.43. The molecule has 7 nitrogen and oxygen atoms in total. The number of benzene rings is 3. The molecule has 1 saturated heterocycles. The van der Waals surface area contributed by atoms with Crippen molar-refractivity contribution in [3.05, 3.63) is 101 Å². The lowest BCUT2D eigenvalue weighted by molar-refractivity contribution is -0.127. The molecule has 9 heteroatoms. The van der Waals surface area contributed by atoms with Crippen molar-refractivity contribution >= 4 is 51.5 Å². The lowest BCUT2D eigenvalue weighted by Crippen LogP contribution is -2.36. The zero-order valence-electron chi connectivity index (χ0n) is 19.8. The number of hydrogen-bond acceptors (Lipinski definition) is 5. The fraction of sp³-hybridized carbons (Fsp3) is 0.107. The highest BCUT2D eigenvalue weighted by molar-refractivity contribution is 8.18. The van der Waals surface area contributed by atoms with Crippen molar-refractivity contribution < 1.29 is 23.5 Å². The van der Waals surface area contributed by atoms with Crippen LogP contribution in [0.2, 0.25) is 0 Å². The van der Waals surface area contributed by atoms with Crippen molar-refractivity contribution in [3.8, 4) is 5.75 Å². The standard InChI is InChI=1S/C28H22FN3O4S/c1-36-23-8-6-22(7-9-23)30-26(33)17-32-27(34)25(37-28(32)35)15-18-5-10-24-20(13-18)11-12-31(24)16-19-3-2-4-21(29)14-19/h2-15H,16-17H2,1H3,(H,30,33)/b25-15+. The number of carbonyl (C=O) groups excluding carboxylic acids is 3. The third-order valence-corrected chi connectivity index (χ3v) is 6.79. The minimum atomic E-state index is -0.511. The number of nitrogens with zero attached hydrogens (tertiary/aromatic N) is 2. The van der Waals surface area contributed by atoms with Crippen LogP contribution in [0.5, 0.6) is 5.75 Å². The van der Waals surface area contributed by atoms with Gasteiger partial charge in [0.15, 0.2) is 0 Å². The summed E-state index contributed by atoms with van der Waals surface area (Å²) in [6.07, 6.45) is 3.57. The molecule has 0 bridgehead atoms. The molecule has 1 aliphatic rings. The van der Waals surface area contributed by atoms with Crippen LogP contribution < -0.4 is 10.1 Å². The quantitative estimate of drug-likeness (QED) is 0.328. The van der Waals surface area contributed by atoms with Crippen LogP contribution in [0.3, 0.4) is 0 Å². The molecular weight excluding hydrogens is 493 g/mol. The van der Waals surface area contributed by atoms with Crippen molar-refractivity contribution in [2.75, 3.05) is 19.0 Å². The van der Waals surface area contributed by atoms with Crippen molar-refractivity contribution in [3.63, 3.8) is 0 Å². The molecule has 186 valence electrons. The Balaban J connectivity index is 1.27. The van der Waals surface area contributed by atoms with E-state index in [-0.39, 0.29) is 17.3 Å². The summed E-state index contributed by atoms with van der Waals surface area (Å²) in [4.78, 5) is 39.0. The first-order valence-electron chi connectivity index (χ1n) is 11.4. The van der Waals surface area contributed by atoms with Gasteiger partial charge in [0.1, 0.15) is 18.1 Å². The Morgan fingerprint density at radius 3 is 2.62 bits per heavy atom. The van der Waals surface area contributed by atoms with E-state index in [1.54, 1.807) is 43.5 Å². The molecule has 3 aromatic carbocycles. The summed E-state index contributed by atoms with van der Waals surface area (Å²) in [5.41, 5.74) is 3.10. The Morgan fingerprint density at radius 2 is 1.86 bits per heavy atom. The van der Waals surface area contributed by atoms with Gasteiger partial charge in [-0.2, -0.15) is 0 Å². The minimum absolute atomic E-state index is 0.251. The Bertz CT molecular complexity index is 1540. The summed E-state index contributed by atoms with van der Waals surface area (Å²) in [6.45, 7) is 0.147. The molecule has 3 amide bonds. The second kappa shape index (κ2) is 10.3. The van der Waals surface area contributed by atoms with Gasteiger partial charge in [-0.05, 0) is 83.6 Å². The number of amides is 3. The first kappa shape index (κ1) is 24.3. The minimum Gasteiger partial charge on any atom is -0.497 e. The normalized spacial score (nSPS) is 14.5. The summed E-state index contributed by atoms with van der Waals surface area (Å²) in [7, 11) is 1.55. The van der Waals surface area contributed by atoms with E-state index < -0.39 is 17.1 Å². The lowest BCUT2D eigenvalue weighted by atomic mass is 10.1. The van der Waals surface area contributed by atoms with Crippen molar-refractivity contribution in [2.24, 2.45) is 0 Å². The molecule has 1 N–H and O–H groups in total. The molecule has 4 aromatic rings. The van der Waals surface area contributed by atoms with Crippen molar-refractivity contribution in [1.29, 1.82) is 0 Å². The average Bonchev–Trinajstić information content (AvgIpc) is 3.39. The van der Waals surface area contributed by atoms with Gasteiger partial charge in [-0.15, -0.1) is 0 Å². The second-order valence-electron chi connectivity index (χ2n) is 8.44. The van der Waals surface area contributed by atoms with Crippen LogP contribution >= 0.6 is 11.8 Å². The average molecular weight is 516 g/mol. The molecule has 0 atom stereocenters. The predicted molar refractivity (Wildman–Crippen MR) is 142 cm³/mol. The summed E-state index contributed by atoms with van der Waals surface area (Å²) >= 11 is 0.805. The SMILES string of the molecule is COc1ccc(NC(=O)CN2C(=O)S/C(=C/c3ccc4c(ccn4Cc4cccc(F)c4)c3)C2=O)cc1. The van der Waals surface area contributed by atoms with Gasteiger partial charge in [-0.1, -0.05) is 18.2 Å². The monoisotopic (exact) mass is 515 g/mol. The molecule has 1 aliphatic heterocycles. The Labute approximate surface area is 216 Å². The number of ether oxygens (including phenoxy) is 1. The highest BCUT2D eigenvalue weighted by atomic mass is 32.2. The van der Waals surface area contributed by atoms with E-state index in [9.17, 15) is 18.8 Å². The molecule has 1 aromatic heterocycles. The third-order valence-electron chi connectivity index (χ3n) is 5.88. The van der Waals surface area contributed by atoms with E-state index in [1.165, 1.54) is 12.1 Å². The Morgan fingerprint density at radius 1 is 1.05 bits per heavy atom.